The predicted molar refractivity (Wildman–Crippen MR) is 77.6 cm³/mol. The second kappa shape index (κ2) is 5.72. The lowest BCUT2D eigenvalue weighted by atomic mass is 10.1. The van der Waals surface area contributed by atoms with Crippen LogP contribution in [0.3, 0.4) is 0 Å². The van der Waals surface area contributed by atoms with Gasteiger partial charge >= 0.3 is 0 Å². The molecule has 1 nitrogen and oxygen atoms in total. The Bertz CT molecular complexity index is 572. The van der Waals surface area contributed by atoms with Crippen LogP contribution in [-0.2, 0) is 6.54 Å². The van der Waals surface area contributed by atoms with Gasteiger partial charge in [-0.3, -0.25) is 0 Å². The Balaban J connectivity index is 2.14. The second-order valence-electron chi connectivity index (χ2n) is 4.05. The number of aryl methyl sites for hydroxylation is 1. The van der Waals surface area contributed by atoms with Crippen LogP contribution in [0, 0.1) is 12.7 Å². The van der Waals surface area contributed by atoms with Gasteiger partial charge in [0.05, 0.1) is 10.7 Å². The molecule has 0 saturated heterocycles. The Hall–Kier alpha value is -1.06. The molecule has 0 amide bonds. The molecule has 0 aliphatic carbocycles. The average Bonchev–Trinajstić information content (AvgIpc) is 2.33. The van der Waals surface area contributed by atoms with Gasteiger partial charge in [-0.25, -0.2) is 4.39 Å². The summed E-state index contributed by atoms with van der Waals surface area (Å²) in [4.78, 5) is 0. The van der Waals surface area contributed by atoms with Crippen molar-refractivity contribution >= 4 is 33.2 Å². The van der Waals surface area contributed by atoms with Gasteiger partial charge < -0.3 is 5.32 Å². The first-order valence-corrected chi connectivity index (χ1v) is 6.68. The Morgan fingerprint density at radius 3 is 2.78 bits per heavy atom. The largest absolute Gasteiger partial charge is 0.379 e. The Kier molecular flexibility index (Phi) is 4.25. The van der Waals surface area contributed by atoms with E-state index in [1.54, 1.807) is 12.1 Å². The fourth-order valence-corrected chi connectivity index (χ4v) is 2.43. The summed E-state index contributed by atoms with van der Waals surface area (Å²) < 4.78 is 14.7. The zero-order chi connectivity index (χ0) is 13.1. The molecular weight excluding hydrogens is 317 g/mol. The summed E-state index contributed by atoms with van der Waals surface area (Å²) in [5.41, 5.74) is 2.66. The number of anilines is 1. The van der Waals surface area contributed by atoms with E-state index in [-0.39, 0.29) is 5.02 Å². The van der Waals surface area contributed by atoms with Crippen molar-refractivity contribution in [2.75, 3.05) is 5.32 Å². The first kappa shape index (κ1) is 13.4. The van der Waals surface area contributed by atoms with E-state index in [0.29, 0.717) is 12.2 Å². The van der Waals surface area contributed by atoms with Crippen LogP contribution in [0.25, 0.3) is 0 Å². The highest BCUT2D eigenvalue weighted by atomic mass is 79.9. The van der Waals surface area contributed by atoms with Crippen molar-refractivity contribution in [3.05, 3.63) is 62.8 Å². The maximum Gasteiger partial charge on any atom is 0.164 e. The van der Waals surface area contributed by atoms with Crippen molar-refractivity contribution in [2.24, 2.45) is 0 Å². The van der Waals surface area contributed by atoms with Gasteiger partial charge in [0, 0.05) is 11.0 Å². The van der Waals surface area contributed by atoms with E-state index in [4.69, 9.17) is 11.6 Å². The summed E-state index contributed by atoms with van der Waals surface area (Å²) in [6, 6.07) is 11.0. The lowest BCUT2D eigenvalue weighted by Crippen LogP contribution is -2.02. The molecule has 4 heteroatoms. The van der Waals surface area contributed by atoms with E-state index in [2.05, 4.69) is 21.2 Å². The van der Waals surface area contributed by atoms with Gasteiger partial charge in [0.15, 0.2) is 5.82 Å². The monoisotopic (exact) mass is 327 g/mol. The van der Waals surface area contributed by atoms with E-state index in [9.17, 15) is 4.39 Å². The van der Waals surface area contributed by atoms with Crippen LogP contribution in [0.1, 0.15) is 11.1 Å². The zero-order valence-corrected chi connectivity index (χ0v) is 12.1. The minimum atomic E-state index is -0.414. The Labute approximate surface area is 119 Å². The number of rotatable bonds is 3. The minimum absolute atomic E-state index is 0.128. The first-order chi connectivity index (χ1) is 8.58. The molecule has 0 radical (unpaired) electrons. The molecule has 0 spiro atoms. The molecule has 1 N–H and O–H groups in total. The van der Waals surface area contributed by atoms with Crippen molar-refractivity contribution in [3.63, 3.8) is 0 Å². The molecule has 18 heavy (non-hydrogen) atoms. The molecule has 2 rings (SSSR count). The molecule has 0 heterocycles. The van der Waals surface area contributed by atoms with Crippen molar-refractivity contribution in [1.82, 2.24) is 0 Å². The van der Waals surface area contributed by atoms with Crippen molar-refractivity contribution in [2.45, 2.75) is 13.5 Å². The number of hydrogen-bond donors (Lipinski definition) is 1. The second-order valence-corrected chi connectivity index (χ2v) is 5.31. The summed E-state index contributed by atoms with van der Waals surface area (Å²) in [6.45, 7) is 2.57. The Morgan fingerprint density at radius 1 is 1.28 bits per heavy atom. The highest BCUT2D eigenvalue weighted by molar-refractivity contribution is 9.10. The molecule has 0 bridgehead atoms. The fourth-order valence-electron chi connectivity index (χ4n) is 1.63. The molecule has 0 aromatic heterocycles. The highest BCUT2D eigenvalue weighted by Crippen LogP contribution is 2.24. The lowest BCUT2D eigenvalue weighted by Gasteiger charge is -2.10. The van der Waals surface area contributed by atoms with Crippen LogP contribution in [0.5, 0.6) is 0 Å². The number of nitrogens with one attached hydrogen (secondary N) is 1. The van der Waals surface area contributed by atoms with Crippen LogP contribution in [0.4, 0.5) is 10.1 Å². The van der Waals surface area contributed by atoms with Crippen LogP contribution < -0.4 is 5.32 Å². The van der Waals surface area contributed by atoms with Gasteiger partial charge in [-0.1, -0.05) is 45.7 Å². The van der Waals surface area contributed by atoms with Crippen molar-refractivity contribution in [1.29, 1.82) is 0 Å². The number of halogens is 3. The summed E-state index contributed by atoms with van der Waals surface area (Å²) >= 11 is 9.22. The quantitative estimate of drug-likeness (QED) is 0.820. The van der Waals surface area contributed by atoms with Gasteiger partial charge in [0.25, 0.3) is 0 Å². The smallest absolute Gasteiger partial charge is 0.164 e. The van der Waals surface area contributed by atoms with Crippen molar-refractivity contribution in [3.8, 4) is 0 Å². The SMILES string of the molecule is Cc1ccc(CNc2cccc(Cl)c2F)c(Br)c1. The third-order valence-electron chi connectivity index (χ3n) is 2.63. The van der Waals surface area contributed by atoms with Crippen LogP contribution in [-0.4, -0.2) is 0 Å². The summed E-state index contributed by atoms with van der Waals surface area (Å²) in [5, 5.41) is 3.17. The topological polar surface area (TPSA) is 12.0 Å². The van der Waals surface area contributed by atoms with Crippen LogP contribution >= 0.6 is 27.5 Å². The van der Waals surface area contributed by atoms with Crippen LogP contribution in [0.15, 0.2) is 40.9 Å². The standard InChI is InChI=1S/C14H12BrClFN/c1-9-5-6-10(11(15)7-9)8-18-13-4-2-3-12(16)14(13)17/h2-7,18H,8H2,1H3. The minimum Gasteiger partial charge on any atom is -0.379 e. The van der Waals surface area contributed by atoms with Gasteiger partial charge in [-0.05, 0) is 36.2 Å². The molecular formula is C14H12BrClFN. The fraction of sp³-hybridized carbons (Fsp3) is 0.143. The van der Waals surface area contributed by atoms with E-state index in [0.717, 1.165) is 10.0 Å². The first-order valence-electron chi connectivity index (χ1n) is 5.51. The third kappa shape index (κ3) is 3.03. The van der Waals surface area contributed by atoms with Crippen molar-refractivity contribution < 1.29 is 4.39 Å². The molecule has 94 valence electrons. The maximum atomic E-state index is 13.7. The summed E-state index contributed by atoms with van der Waals surface area (Å²) in [7, 11) is 0. The predicted octanol–water partition coefficient (Wildman–Crippen LogP) is 5.16. The normalized spacial score (nSPS) is 10.4. The molecule has 0 saturated carbocycles. The number of hydrogen-bond acceptors (Lipinski definition) is 1. The maximum absolute atomic E-state index is 13.7. The summed E-state index contributed by atoms with van der Waals surface area (Å²) in [5.74, 6) is -0.414. The third-order valence-corrected chi connectivity index (χ3v) is 3.66. The lowest BCUT2D eigenvalue weighted by molar-refractivity contribution is 0.630. The van der Waals surface area contributed by atoms with Gasteiger partial charge in [-0.15, -0.1) is 0 Å². The molecule has 0 fully saturated rings. The average molecular weight is 329 g/mol. The Morgan fingerprint density at radius 2 is 2.06 bits per heavy atom. The molecule has 0 aliphatic heterocycles. The summed E-state index contributed by atoms with van der Waals surface area (Å²) in [6.07, 6.45) is 0. The van der Waals surface area contributed by atoms with Gasteiger partial charge in [0.1, 0.15) is 0 Å². The molecule has 2 aromatic rings. The van der Waals surface area contributed by atoms with E-state index < -0.39 is 5.82 Å². The molecule has 0 atom stereocenters. The zero-order valence-electron chi connectivity index (χ0n) is 9.81. The van der Waals surface area contributed by atoms with E-state index in [1.807, 2.05) is 25.1 Å². The van der Waals surface area contributed by atoms with E-state index >= 15 is 0 Å². The molecule has 0 aliphatic rings. The molecule has 0 unspecified atom stereocenters. The van der Waals surface area contributed by atoms with Crippen LogP contribution in [0.2, 0.25) is 5.02 Å². The number of benzene rings is 2. The van der Waals surface area contributed by atoms with Gasteiger partial charge in [-0.2, -0.15) is 0 Å². The van der Waals surface area contributed by atoms with E-state index in [1.165, 1.54) is 11.6 Å². The molecule has 2 aromatic carbocycles. The van der Waals surface area contributed by atoms with Gasteiger partial charge in [0.2, 0.25) is 0 Å². The highest BCUT2D eigenvalue weighted by Gasteiger charge is 2.06.